The summed E-state index contributed by atoms with van der Waals surface area (Å²) in [4.78, 5) is 34.1. The molecule has 2 aliphatic rings. The lowest BCUT2D eigenvalue weighted by Gasteiger charge is -2.19. The number of fused-ring (bicyclic) bond motifs is 1. The molecular formula is C23H23N7O5. The minimum Gasteiger partial charge on any atom is -0.495 e. The van der Waals surface area contributed by atoms with Gasteiger partial charge in [-0.3, -0.25) is 14.7 Å². The van der Waals surface area contributed by atoms with Crippen LogP contribution in [0.1, 0.15) is 12.1 Å². The highest BCUT2D eigenvalue weighted by Crippen LogP contribution is 2.30. The van der Waals surface area contributed by atoms with E-state index < -0.39 is 6.09 Å². The van der Waals surface area contributed by atoms with Gasteiger partial charge in [0.1, 0.15) is 17.7 Å². The molecule has 12 heteroatoms. The first kappa shape index (κ1) is 22.5. The molecule has 0 spiro atoms. The summed E-state index contributed by atoms with van der Waals surface area (Å²) in [6.45, 7) is 1.48. The molecule has 1 atom stereocenters. The fourth-order valence-electron chi connectivity index (χ4n) is 3.78. The minimum absolute atomic E-state index is 0.0518. The van der Waals surface area contributed by atoms with E-state index in [1.807, 2.05) is 18.2 Å². The molecular weight excluding hydrogens is 454 g/mol. The second-order valence-corrected chi connectivity index (χ2v) is 7.95. The molecule has 180 valence electrons. The Balaban J connectivity index is 1.13. The standard InChI is InChI=1S/C23H23N7O5/c1-33-17-9-18(29-26-11-17)14-4-7-25-15(8-14)10-24-6-5-16-12-30(23(32)35-16)20-3-2-19-22(27-20)28-21(31)13-34-19/h2-4,7-9,11,16,24H,5-6,10,12-13H2,1H3,(H,27,28,31)/t16-/m0/s1. The van der Waals surface area contributed by atoms with Crippen molar-refractivity contribution < 1.29 is 23.8 Å². The maximum atomic E-state index is 12.4. The molecule has 2 aliphatic heterocycles. The van der Waals surface area contributed by atoms with Gasteiger partial charge < -0.3 is 24.8 Å². The molecule has 0 aromatic carbocycles. The van der Waals surface area contributed by atoms with Crippen molar-refractivity contribution in [1.29, 1.82) is 0 Å². The van der Waals surface area contributed by atoms with E-state index in [1.54, 1.807) is 31.6 Å². The molecule has 12 nitrogen and oxygen atoms in total. The number of amides is 2. The van der Waals surface area contributed by atoms with Crippen molar-refractivity contribution in [3.05, 3.63) is 48.4 Å². The van der Waals surface area contributed by atoms with Crippen molar-refractivity contribution in [1.82, 2.24) is 25.5 Å². The Morgan fingerprint density at radius 1 is 1.26 bits per heavy atom. The van der Waals surface area contributed by atoms with Gasteiger partial charge >= 0.3 is 6.09 Å². The number of cyclic esters (lactones) is 1. The van der Waals surface area contributed by atoms with Crippen LogP contribution in [0, 0.1) is 0 Å². The number of aromatic nitrogens is 4. The molecule has 0 saturated carbocycles. The highest BCUT2D eigenvalue weighted by molar-refractivity contribution is 5.95. The molecule has 0 bridgehead atoms. The summed E-state index contributed by atoms with van der Waals surface area (Å²) < 4.78 is 16.0. The van der Waals surface area contributed by atoms with Crippen LogP contribution in [0.5, 0.6) is 11.5 Å². The van der Waals surface area contributed by atoms with Crippen molar-refractivity contribution in [2.24, 2.45) is 0 Å². The zero-order valence-corrected chi connectivity index (χ0v) is 18.9. The number of methoxy groups -OCH3 is 1. The Bertz CT molecular complexity index is 1250. The van der Waals surface area contributed by atoms with Gasteiger partial charge in [0.2, 0.25) is 0 Å². The SMILES string of the molecule is COc1cnnc(-c2ccnc(CNCC[C@H]3CN(c4ccc5c(n4)NC(=O)CO5)C(=O)O3)c2)c1. The number of nitrogens with zero attached hydrogens (tertiary/aromatic N) is 5. The number of ether oxygens (including phenoxy) is 3. The summed E-state index contributed by atoms with van der Waals surface area (Å²) in [6, 6.07) is 8.98. The van der Waals surface area contributed by atoms with E-state index in [0.717, 1.165) is 11.3 Å². The fourth-order valence-corrected chi connectivity index (χ4v) is 3.78. The second kappa shape index (κ2) is 9.89. The summed E-state index contributed by atoms with van der Waals surface area (Å²) in [5, 5.41) is 14.1. The molecule has 1 fully saturated rings. The molecule has 2 amide bonds. The zero-order valence-electron chi connectivity index (χ0n) is 18.9. The normalized spacial score (nSPS) is 16.8. The molecule has 1 saturated heterocycles. The van der Waals surface area contributed by atoms with Gasteiger partial charge in [-0.2, -0.15) is 10.2 Å². The predicted octanol–water partition coefficient (Wildman–Crippen LogP) is 1.78. The van der Waals surface area contributed by atoms with E-state index in [-0.39, 0.29) is 18.6 Å². The molecule has 3 aromatic rings. The third-order valence-corrected chi connectivity index (χ3v) is 5.54. The van der Waals surface area contributed by atoms with Gasteiger partial charge in [0.25, 0.3) is 5.91 Å². The van der Waals surface area contributed by atoms with Gasteiger partial charge in [-0.25, -0.2) is 9.78 Å². The first-order valence-electron chi connectivity index (χ1n) is 11.0. The average molecular weight is 477 g/mol. The lowest BCUT2D eigenvalue weighted by atomic mass is 10.1. The largest absolute Gasteiger partial charge is 0.495 e. The van der Waals surface area contributed by atoms with Crippen molar-refractivity contribution in [2.75, 3.05) is 37.0 Å². The van der Waals surface area contributed by atoms with Crippen LogP contribution in [0.25, 0.3) is 11.3 Å². The van der Waals surface area contributed by atoms with Gasteiger partial charge in [-0.05, 0) is 37.2 Å². The quantitative estimate of drug-likeness (QED) is 0.461. The molecule has 35 heavy (non-hydrogen) atoms. The third-order valence-electron chi connectivity index (χ3n) is 5.54. The summed E-state index contributed by atoms with van der Waals surface area (Å²) in [5.41, 5.74) is 2.44. The van der Waals surface area contributed by atoms with Crippen LogP contribution in [0.4, 0.5) is 16.4 Å². The van der Waals surface area contributed by atoms with Gasteiger partial charge in [0.05, 0.1) is 31.2 Å². The number of hydrogen-bond donors (Lipinski definition) is 2. The van der Waals surface area contributed by atoms with Crippen molar-refractivity contribution in [3.63, 3.8) is 0 Å². The van der Waals surface area contributed by atoms with Gasteiger partial charge in [0.15, 0.2) is 18.2 Å². The maximum absolute atomic E-state index is 12.4. The Morgan fingerprint density at radius 3 is 3.06 bits per heavy atom. The van der Waals surface area contributed by atoms with Crippen LogP contribution in [0.3, 0.4) is 0 Å². The molecule has 0 aliphatic carbocycles. The van der Waals surface area contributed by atoms with E-state index in [4.69, 9.17) is 14.2 Å². The first-order valence-corrected chi connectivity index (χ1v) is 11.0. The van der Waals surface area contributed by atoms with E-state index >= 15 is 0 Å². The molecule has 0 radical (unpaired) electrons. The summed E-state index contributed by atoms with van der Waals surface area (Å²) in [6.07, 6.45) is 3.14. The van der Waals surface area contributed by atoms with Gasteiger partial charge in [-0.15, -0.1) is 0 Å². The van der Waals surface area contributed by atoms with E-state index in [2.05, 4.69) is 30.8 Å². The summed E-state index contributed by atoms with van der Waals surface area (Å²) >= 11 is 0. The van der Waals surface area contributed by atoms with Gasteiger partial charge in [-0.1, -0.05) is 0 Å². The second-order valence-electron chi connectivity index (χ2n) is 7.95. The topological polar surface area (TPSA) is 141 Å². The zero-order chi connectivity index (χ0) is 24.2. The molecule has 2 N–H and O–H groups in total. The monoisotopic (exact) mass is 477 g/mol. The Kier molecular flexibility index (Phi) is 6.35. The first-order chi connectivity index (χ1) is 17.1. The molecule has 5 rings (SSSR count). The average Bonchev–Trinajstić information content (AvgIpc) is 3.26. The van der Waals surface area contributed by atoms with Crippen molar-refractivity contribution >= 4 is 23.6 Å². The van der Waals surface area contributed by atoms with Crippen LogP contribution >= 0.6 is 0 Å². The lowest BCUT2D eigenvalue weighted by Crippen LogP contribution is -2.29. The van der Waals surface area contributed by atoms with E-state index in [0.29, 0.717) is 54.9 Å². The van der Waals surface area contributed by atoms with Crippen LogP contribution in [0.15, 0.2) is 42.7 Å². The Hall–Kier alpha value is -4.32. The smallest absolute Gasteiger partial charge is 0.415 e. The number of carbonyl (C=O) groups is 2. The number of hydrogen-bond acceptors (Lipinski definition) is 10. The molecule has 0 unspecified atom stereocenters. The Morgan fingerprint density at radius 2 is 2.17 bits per heavy atom. The highest BCUT2D eigenvalue weighted by atomic mass is 16.6. The van der Waals surface area contributed by atoms with Crippen molar-refractivity contribution in [2.45, 2.75) is 19.1 Å². The molecule has 3 aromatic heterocycles. The van der Waals surface area contributed by atoms with Crippen molar-refractivity contribution in [3.8, 4) is 22.8 Å². The number of pyridine rings is 2. The maximum Gasteiger partial charge on any atom is 0.415 e. The predicted molar refractivity (Wildman–Crippen MR) is 124 cm³/mol. The number of nitrogens with one attached hydrogen (secondary N) is 2. The van der Waals surface area contributed by atoms with Crippen LogP contribution in [0.2, 0.25) is 0 Å². The van der Waals surface area contributed by atoms with Gasteiger partial charge in [0, 0.05) is 24.4 Å². The number of rotatable bonds is 8. The van der Waals surface area contributed by atoms with E-state index in [9.17, 15) is 9.59 Å². The third kappa shape index (κ3) is 5.11. The van der Waals surface area contributed by atoms with E-state index in [1.165, 1.54) is 4.90 Å². The van der Waals surface area contributed by atoms with Crippen LogP contribution in [-0.4, -0.2) is 65.1 Å². The van der Waals surface area contributed by atoms with Crippen LogP contribution < -0.4 is 25.0 Å². The number of anilines is 2. The van der Waals surface area contributed by atoms with Crippen LogP contribution in [-0.2, 0) is 16.1 Å². The lowest BCUT2D eigenvalue weighted by molar-refractivity contribution is -0.118. The summed E-state index contributed by atoms with van der Waals surface area (Å²) in [5.74, 6) is 1.52. The Labute approximate surface area is 200 Å². The summed E-state index contributed by atoms with van der Waals surface area (Å²) in [7, 11) is 1.58. The number of carbonyl (C=O) groups excluding carboxylic acids is 2. The molecule has 5 heterocycles. The highest BCUT2D eigenvalue weighted by Gasteiger charge is 2.33. The minimum atomic E-state index is -0.473. The fraction of sp³-hybridized carbons (Fsp3) is 0.304.